The summed E-state index contributed by atoms with van der Waals surface area (Å²) in [4.78, 5) is 16.5. The van der Waals surface area contributed by atoms with Gasteiger partial charge < -0.3 is 19.7 Å². The predicted molar refractivity (Wildman–Crippen MR) is 137 cm³/mol. The third kappa shape index (κ3) is 5.56. The van der Waals surface area contributed by atoms with Crippen molar-refractivity contribution < 1.29 is 18.7 Å². The number of hydrogen-bond acceptors (Lipinski definition) is 5. The Balaban J connectivity index is 1.44. The van der Waals surface area contributed by atoms with Gasteiger partial charge in [0, 0.05) is 56.9 Å². The lowest BCUT2D eigenvalue weighted by Crippen LogP contribution is -2.56. The first-order valence-corrected chi connectivity index (χ1v) is 12.7. The molecule has 2 aliphatic heterocycles. The number of anilines is 1. The Morgan fingerprint density at radius 2 is 1.94 bits per heavy atom. The van der Waals surface area contributed by atoms with Crippen LogP contribution in [0.15, 0.2) is 30.3 Å². The third-order valence-electron chi connectivity index (χ3n) is 7.67. The fourth-order valence-corrected chi connectivity index (χ4v) is 5.54. The van der Waals surface area contributed by atoms with Crippen molar-refractivity contribution in [3.63, 3.8) is 0 Å². The third-order valence-corrected chi connectivity index (χ3v) is 7.67. The van der Waals surface area contributed by atoms with Crippen LogP contribution < -0.4 is 19.7 Å². The van der Waals surface area contributed by atoms with E-state index in [4.69, 9.17) is 9.47 Å². The quantitative estimate of drug-likeness (QED) is 0.548. The number of nitrogens with one attached hydrogen (secondary N) is 1. The average Bonchev–Trinajstić information content (AvgIpc) is 2.88. The molecule has 4 rings (SSSR count). The maximum Gasteiger partial charge on any atom is 0.219 e. The molecular weight excluding hydrogens is 445 g/mol. The Morgan fingerprint density at radius 3 is 2.71 bits per heavy atom. The van der Waals surface area contributed by atoms with E-state index >= 15 is 0 Å². The summed E-state index contributed by atoms with van der Waals surface area (Å²) >= 11 is 0. The minimum atomic E-state index is -0.322. The Labute approximate surface area is 208 Å². The molecular formula is C28H38FN3O3. The largest absolute Gasteiger partial charge is 0.494 e. The van der Waals surface area contributed by atoms with Gasteiger partial charge in [-0.15, -0.1) is 0 Å². The molecule has 6 nitrogen and oxygen atoms in total. The highest BCUT2D eigenvalue weighted by molar-refractivity contribution is 5.75. The molecule has 0 bridgehead atoms. The molecule has 1 unspecified atom stereocenters. The lowest BCUT2D eigenvalue weighted by atomic mass is 9.86. The van der Waals surface area contributed by atoms with Gasteiger partial charge in [0.1, 0.15) is 5.75 Å². The first-order chi connectivity index (χ1) is 16.9. The normalized spacial score (nSPS) is 20.3. The number of benzene rings is 2. The van der Waals surface area contributed by atoms with E-state index in [1.807, 2.05) is 12.1 Å². The van der Waals surface area contributed by atoms with Crippen molar-refractivity contribution in [2.24, 2.45) is 0 Å². The first-order valence-electron chi connectivity index (χ1n) is 12.7. The zero-order chi connectivity index (χ0) is 24.9. The number of hydrogen-bond donors (Lipinski definition) is 1. The number of halogens is 1. The van der Waals surface area contributed by atoms with E-state index in [0.29, 0.717) is 37.3 Å². The molecule has 0 aliphatic carbocycles. The molecule has 2 aromatic carbocycles. The van der Waals surface area contributed by atoms with Crippen molar-refractivity contribution in [3.05, 3.63) is 52.8 Å². The van der Waals surface area contributed by atoms with Gasteiger partial charge >= 0.3 is 0 Å². The summed E-state index contributed by atoms with van der Waals surface area (Å²) < 4.78 is 25.1. The number of ether oxygens (including phenoxy) is 2. The number of methoxy groups -OCH3 is 1. The molecule has 0 saturated carbocycles. The van der Waals surface area contributed by atoms with Gasteiger partial charge in [0.05, 0.1) is 13.7 Å². The summed E-state index contributed by atoms with van der Waals surface area (Å²) in [5.74, 6) is 0.929. The van der Waals surface area contributed by atoms with E-state index in [1.165, 1.54) is 42.7 Å². The monoisotopic (exact) mass is 483 g/mol. The van der Waals surface area contributed by atoms with Crippen LogP contribution >= 0.6 is 0 Å². The SMILES string of the molecule is CNC(=O)CCCOc1ccc([C@H]2CCCC3CN(c4ccc(F)c(OC)c4)CCN32)c(C)c1C. The zero-order valence-electron chi connectivity index (χ0n) is 21.4. The van der Waals surface area contributed by atoms with Crippen LogP contribution in [-0.4, -0.2) is 57.2 Å². The summed E-state index contributed by atoms with van der Waals surface area (Å²) in [5, 5.41) is 2.65. The minimum absolute atomic E-state index is 0.0439. The van der Waals surface area contributed by atoms with Crippen LogP contribution in [0.1, 0.15) is 54.8 Å². The van der Waals surface area contributed by atoms with E-state index in [2.05, 4.69) is 41.1 Å². The summed E-state index contributed by atoms with van der Waals surface area (Å²) in [5.41, 5.74) is 4.89. The van der Waals surface area contributed by atoms with Gasteiger partial charge in [-0.1, -0.05) is 6.07 Å². The summed E-state index contributed by atoms with van der Waals surface area (Å²) in [6, 6.07) is 10.4. The van der Waals surface area contributed by atoms with E-state index in [0.717, 1.165) is 37.5 Å². The number of nitrogens with zero attached hydrogens (tertiary/aromatic N) is 2. The molecule has 7 heteroatoms. The molecule has 2 fully saturated rings. The molecule has 35 heavy (non-hydrogen) atoms. The Kier molecular flexibility index (Phi) is 8.16. The van der Waals surface area contributed by atoms with Crippen molar-refractivity contribution in [3.8, 4) is 11.5 Å². The first kappa shape index (κ1) is 25.3. The fraction of sp³-hybridized carbons (Fsp3) is 0.536. The van der Waals surface area contributed by atoms with Crippen molar-refractivity contribution in [2.45, 2.75) is 58.0 Å². The van der Waals surface area contributed by atoms with E-state index in [1.54, 1.807) is 7.05 Å². The Bertz CT molecular complexity index is 1040. The molecule has 2 aliphatic rings. The molecule has 1 N–H and O–H groups in total. The Morgan fingerprint density at radius 1 is 1.11 bits per heavy atom. The maximum atomic E-state index is 13.9. The van der Waals surface area contributed by atoms with Crippen LogP contribution in [0.3, 0.4) is 0 Å². The zero-order valence-corrected chi connectivity index (χ0v) is 21.4. The molecule has 190 valence electrons. The molecule has 0 aromatic heterocycles. The molecule has 2 atom stereocenters. The van der Waals surface area contributed by atoms with Gasteiger partial charge in [0.25, 0.3) is 0 Å². The lowest BCUT2D eigenvalue weighted by molar-refractivity contribution is -0.120. The molecule has 1 amide bonds. The maximum absolute atomic E-state index is 13.9. The number of piperidine rings is 1. The molecule has 2 saturated heterocycles. The van der Waals surface area contributed by atoms with Gasteiger partial charge in [-0.3, -0.25) is 9.69 Å². The molecule has 2 aromatic rings. The second-order valence-electron chi connectivity index (χ2n) is 9.63. The van der Waals surface area contributed by atoms with Gasteiger partial charge in [-0.2, -0.15) is 0 Å². The van der Waals surface area contributed by atoms with Crippen molar-refractivity contribution >= 4 is 11.6 Å². The highest BCUT2D eigenvalue weighted by Crippen LogP contribution is 2.40. The van der Waals surface area contributed by atoms with E-state index in [9.17, 15) is 9.18 Å². The van der Waals surface area contributed by atoms with Gasteiger partial charge in [-0.05, 0) is 74.4 Å². The number of amides is 1. The summed E-state index contributed by atoms with van der Waals surface area (Å²) in [6.45, 7) is 7.70. The van der Waals surface area contributed by atoms with Crippen LogP contribution in [0, 0.1) is 19.7 Å². The fourth-order valence-electron chi connectivity index (χ4n) is 5.54. The standard InChI is InChI=1S/C28H38FN3O3/c1-19-20(2)26(35-16-6-9-28(33)30-3)13-11-23(19)25-8-5-7-22-18-31(14-15-32(22)25)21-10-12-24(29)27(17-21)34-4/h10-13,17,22,25H,5-9,14-16,18H2,1-4H3,(H,30,33)/t22?,25-/m1/s1. The van der Waals surface area contributed by atoms with Crippen LogP contribution in [0.5, 0.6) is 11.5 Å². The van der Waals surface area contributed by atoms with Crippen LogP contribution in [-0.2, 0) is 4.79 Å². The molecule has 0 spiro atoms. The number of carbonyl (C=O) groups is 1. The highest BCUT2D eigenvalue weighted by atomic mass is 19.1. The van der Waals surface area contributed by atoms with Gasteiger partial charge in [0.15, 0.2) is 11.6 Å². The van der Waals surface area contributed by atoms with Crippen LogP contribution in [0.4, 0.5) is 10.1 Å². The van der Waals surface area contributed by atoms with Crippen LogP contribution in [0.2, 0.25) is 0 Å². The van der Waals surface area contributed by atoms with Crippen molar-refractivity contribution in [1.82, 2.24) is 10.2 Å². The predicted octanol–water partition coefficient (Wildman–Crippen LogP) is 4.77. The van der Waals surface area contributed by atoms with Gasteiger partial charge in [0.2, 0.25) is 5.91 Å². The van der Waals surface area contributed by atoms with Gasteiger partial charge in [-0.25, -0.2) is 4.39 Å². The van der Waals surface area contributed by atoms with Crippen molar-refractivity contribution in [2.75, 3.05) is 45.3 Å². The summed E-state index contributed by atoms with van der Waals surface area (Å²) in [6.07, 6.45) is 4.72. The number of carbonyl (C=O) groups excluding carboxylic acids is 1. The highest BCUT2D eigenvalue weighted by Gasteiger charge is 2.36. The Hall–Kier alpha value is -2.80. The summed E-state index contributed by atoms with van der Waals surface area (Å²) in [7, 11) is 3.17. The minimum Gasteiger partial charge on any atom is -0.494 e. The number of piperazine rings is 1. The van der Waals surface area contributed by atoms with Crippen molar-refractivity contribution in [1.29, 1.82) is 0 Å². The number of fused-ring (bicyclic) bond motifs is 1. The number of rotatable bonds is 8. The topological polar surface area (TPSA) is 54.0 Å². The van der Waals surface area contributed by atoms with E-state index < -0.39 is 0 Å². The lowest BCUT2D eigenvalue weighted by Gasteiger charge is -2.49. The average molecular weight is 484 g/mol. The second-order valence-corrected chi connectivity index (χ2v) is 9.63. The van der Waals surface area contributed by atoms with E-state index in [-0.39, 0.29) is 11.7 Å². The molecule has 0 radical (unpaired) electrons. The smallest absolute Gasteiger partial charge is 0.219 e. The van der Waals surface area contributed by atoms with Crippen LogP contribution in [0.25, 0.3) is 0 Å². The second kappa shape index (κ2) is 11.3. The molecule has 2 heterocycles.